The molecule has 1 rings (SSSR count). The van der Waals surface area contributed by atoms with Crippen molar-refractivity contribution in [1.29, 1.82) is 0 Å². The number of amides is 1. The molecule has 0 spiro atoms. The second-order valence-electron chi connectivity index (χ2n) is 8.11. The monoisotopic (exact) mass is 559 g/mol. The molecule has 0 radical (unpaired) electrons. The minimum Gasteiger partial charge on any atom is -0.463 e. The molecule has 0 bridgehead atoms. The van der Waals surface area contributed by atoms with Gasteiger partial charge < -0.3 is 29.0 Å². The highest BCUT2D eigenvalue weighted by atomic mass is 32.2. The summed E-state index contributed by atoms with van der Waals surface area (Å²) in [7, 11) is 0. The molecule has 1 saturated heterocycles. The summed E-state index contributed by atoms with van der Waals surface area (Å²) in [6, 6.07) is 0. The number of rotatable bonds is 13. The Labute approximate surface area is 216 Å². The Kier molecular flexibility index (Phi) is 13.7. The topological polar surface area (TPSA) is 144 Å². The summed E-state index contributed by atoms with van der Waals surface area (Å²) in [6.07, 6.45) is -7.43. The van der Waals surface area contributed by atoms with Gasteiger partial charge in [-0.2, -0.15) is 13.2 Å². The minimum absolute atomic E-state index is 0.106. The molecule has 0 aromatic rings. The third-order valence-corrected chi connectivity index (χ3v) is 6.08. The predicted molar refractivity (Wildman–Crippen MR) is 122 cm³/mol. The SMILES string of the molecule is CC(=O)OC[C@H]1O[C@@H](SCCCCCCNC(=O)C(F)(F)F)[C@@H](OC(C)=O)[C@@H](OC(C)=O)[C@@H]1OC(C)=O. The van der Waals surface area contributed by atoms with Crippen molar-refractivity contribution in [2.75, 3.05) is 18.9 Å². The molecule has 0 aromatic heterocycles. The fourth-order valence-electron chi connectivity index (χ4n) is 3.41. The lowest BCUT2D eigenvalue weighted by Crippen LogP contribution is -2.61. The van der Waals surface area contributed by atoms with Crippen LogP contribution in [0.4, 0.5) is 13.2 Å². The largest absolute Gasteiger partial charge is 0.471 e. The molecule has 1 N–H and O–H groups in total. The molecular formula is C22H32F3NO10S. The van der Waals surface area contributed by atoms with E-state index in [9.17, 15) is 37.1 Å². The van der Waals surface area contributed by atoms with Gasteiger partial charge in [-0.15, -0.1) is 11.8 Å². The fraction of sp³-hybridized carbons (Fsp3) is 0.773. The molecule has 11 nitrogen and oxygen atoms in total. The van der Waals surface area contributed by atoms with Gasteiger partial charge in [0.1, 0.15) is 18.1 Å². The van der Waals surface area contributed by atoms with Gasteiger partial charge in [-0.3, -0.25) is 24.0 Å². The number of esters is 4. The maximum atomic E-state index is 12.2. The van der Waals surface area contributed by atoms with Crippen molar-refractivity contribution in [3.63, 3.8) is 0 Å². The summed E-state index contributed by atoms with van der Waals surface area (Å²) in [5.41, 5.74) is -0.883. The zero-order valence-corrected chi connectivity index (χ0v) is 21.8. The molecule has 1 aliphatic rings. The fourth-order valence-corrected chi connectivity index (χ4v) is 4.63. The van der Waals surface area contributed by atoms with Crippen LogP contribution >= 0.6 is 11.8 Å². The number of ether oxygens (including phenoxy) is 5. The van der Waals surface area contributed by atoms with Gasteiger partial charge in [0.05, 0.1) is 0 Å². The molecule has 1 heterocycles. The van der Waals surface area contributed by atoms with Crippen LogP contribution in [0.1, 0.15) is 53.4 Å². The Hall–Kier alpha value is -2.55. The number of alkyl halides is 3. The standard InChI is InChI=1S/C22H32F3NO10S/c1-12(27)32-11-16-17(33-13(2)28)18(34-14(3)29)19(35-15(4)30)20(36-16)37-10-8-6-5-7-9-26-21(31)22(23,24)25/h16-20H,5-11H2,1-4H3,(H,26,31)/t16-,17-,18+,19+,20+/m1/s1. The molecule has 37 heavy (non-hydrogen) atoms. The number of unbranched alkanes of at least 4 members (excludes halogenated alkanes) is 3. The van der Waals surface area contributed by atoms with Crippen molar-refractivity contribution in [2.45, 2.75) is 89.4 Å². The van der Waals surface area contributed by atoms with Gasteiger partial charge in [0.15, 0.2) is 18.3 Å². The molecule has 15 heteroatoms. The third-order valence-electron chi connectivity index (χ3n) is 4.84. The van der Waals surface area contributed by atoms with Crippen molar-refractivity contribution in [3.8, 4) is 0 Å². The van der Waals surface area contributed by atoms with Crippen LogP contribution in [0.5, 0.6) is 0 Å². The van der Waals surface area contributed by atoms with Crippen LogP contribution in [0.25, 0.3) is 0 Å². The van der Waals surface area contributed by atoms with Crippen LogP contribution in [0.15, 0.2) is 0 Å². The Morgan fingerprint density at radius 3 is 1.86 bits per heavy atom. The van der Waals surface area contributed by atoms with Gasteiger partial charge in [-0.25, -0.2) is 0 Å². The maximum Gasteiger partial charge on any atom is 0.471 e. The first kappa shape index (κ1) is 32.5. The highest BCUT2D eigenvalue weighted by molar-refractivity contribution is 7.99. The number of carbonyl (C=O) groups is 5. The second kappa shape index (κ2) is 15.6. The van der Waals surface area contributed by atoms with Crippen LogP contribution in [-0.2, 0) is 47.7 Å². The smallest absolute Gasteiger partial charge is 0.463 e. The molecule has 0 aliphatic carbocycles. The average molecular weight is 560 g/mol. The molecule has 1 amide bonds. The number of halogens is 3. The number of hydrogen-bond acceptors (Lipinski definition) is 11. The van der Waals surface area contributed by atoms with Crippen molar-refractivity contribution in [2.24, 2.45) is 0 Å². The summed E-state index contributed by atoms with van der Waals surface area (Å²) in [6.45, 7) is 4.16. The van der Waals surface area contributed by atoms with E-state index in [0.717, 1.165) is 20.8 Å². The quantitative estimate of drug-likeness (QED) is 0.201. The Morgan fingerprint density at radius 1 is 0.784 bits per heavy atom. The Morgan fingerprint density at radius 2 is 1.32 bits per heavy atom. The summed E-state index contributed by atoms with van der Waals surface area (Å²) in [5.74, 6) is -4.29. The first-order valence-electron chi connectivity index (χ1n) is 11.5. The molecule has 0 unspecified atom stereocenters. The molecule has 5 atom stereocenters. The number of hydrogen-bond donors (Lipinski definition) is 1. The summed E-state index contributed by atoms with van der Waals surface area (Å²) >= 11 is 1.22. The van der Waals surface area contributed by atoms with E-state index < -0.39 is 65.8 Å². The van der Waals surface area contributed by atoms with Gasteiger partial charge in [0.25, 0.3) is 0 Å². The van der Waals surface area contributed by atoms with Gasteiger partial charge in [-0.05, 0) is 18.6 Å². The van der Waals surface area contributed by atoms with Crippen LogP contribution in [-0.4, -0.2) is 84.7 Å². The van der Waals surface area contributed by atoms with E-state index in [4.69, 9.17) is 23.7 Å². The van der Waals surface area contributed by atoms with E-state index in [-0.39, 0.29) is 13.2 Å². The number of nitrogens with one attached hydrogen (secondary N) is 1. The first-order valence-corrected chi connectivity index (χ1v) is 12.5. The van der Waals surface area contributed by atoms with E-state index in [0.29, 0.717) is 31.4 Å². The van der Waals surface area contributed by atoms with Crippen LogP contribution in [0, 0.1) is 0 Å². The van der Waals surface area contributed by atoms with E-state index >= 15 is 0 Å². The molecular weight excluding hydrogens is 527 g/mol. The van der Waals surface area contributed by atoms with E-state index in [1.54, 1.807) is 5.32 Å². The average Bonchev–Trinajstić information content (AvgIpc) is 2.76. The summed E-state index contributed by atoms with van der Waals surface area (Å²) < 4.78 is 63.5. The molecule has 1 aliphatic heterocycles. The van der Waals surface area contributed by atoms with Crippen molar-refractivity contribution in [3.05, 3.63) is 0 Å². The van der Waals surface area contributed by atoms with E-state index in [2.05, 4.69) is 0 Å². The zero-order valence-electron chi connectivity index (χ0n) is 21.0. The van der Waals surface area contributed by atoms with Crippen molar-refractivity contribution in [1.82, 2.24) is 5.32 Å². The molecule has 1 fully saturated rings. The summed E-state index contributed by atoms with van der Waals surface area (Å²) in [5, 5.41) is 1.80. The molecule has 212 valence electrons. The Bertz CT molecular complexity index is 810. The first-order chi connectivity index (χ1) is 17.2. The van der Waals surface area contributed by atoms with Crippen LogP contribution in [0.3, 0.4) is 0 Å². The highest BCUT2D eigenvalue weighted by Crippen LogP contribution is 2.34. The lowest BCUT2D eigenvalue weighted by atomic mass is 9.99. The van der Waals surface area contributed by atoms with Gasteiger partial charge in [-0.1, -0.05) is 12.8 Å². The third kappa shape index (κ3) is 12.5. The van der Waals surface area contributed by atoms with Gasteiger partial charge in [0.2, 0.25) is 0 Å². The second-order valence-corrected chi connectivity index (χ2v) is 9.31. The van der Waals surface area contributed by atoms with Crippen molar-refractivity contribution < 1.29 is 60.8 Å². The van der Waals surface area contributed by atoms with Gasteiger partial charge in [0, 0.05) is 34.2 Å². The van der Waals surface area contributed by atoms with Crippen molar-refractivity contribution >= 4 is 41.5 Å². The van der Waals surface area contributed by atoms with E-state index in [1.165, 1.54) is 18.7 Å². The molecule has 0 saturated carbocycles. The lowest BCUT2D eigenvalue weighted by Gasteiger charge is -2.44. The van der Waals surface area contributed by atoms with Gasteiger partial charge >= 0.3 is 36.0 Å². The normalized spacial score (nSPS) is 23.5. The van der Waals surface area contributed by atoms with Crippen LogP contribution in [0.2, 0.25) is 0 Å². The number of thioether (sulfide) groups is 1. The lowest BCUT2D eigenvalue weighted by molar-refractivity contribution is -0.237. The minimum atomic E-state index is -4.92. The van der Waals surface area contributed by atoms with Crippen LogP contribution < -0.4 is 5.32 Å². The zero-order chi connectivity index (χ0) is 28.2. The Balaban J connectivity index is 2.82. The number of carbonyl (C=O) groups excluding carboxylic acids is 5. The van der Waals surface area contributed by atoms with E-state index in [1.807, 2.05) is 0 Å². The molecule has 0 aromatic carbocycles. The maximum absolute atomic E-state index is 12.2. The predicted octanol–water partition coefficient (Wildman–Crippen LogP) is 2.04. The highest BCUT2D eigenvalue weighted by Gasteiger charge is 2.52. The summed E-state index contributed by atoms with van der Waals surface area (Å²) in [4.78, 5) is 57.5.